The predicted molar refractivity (Wildman–Crippen MR) is 47.9 cm³/mol. The maximum absolute atomic E-state index is 9.43. The summed E-state index contributed by atoms with van der Waals surface area (Å²) in [7, 11) is 6.41. The molecule has 1 aliphatic rings. The molecule has 0 amide bonds. The van der Waals surface area contributed by atoms with Gasteiger partial charge in [0.2, 0.25) is 0 Å². The van der Waals surface area contributed by atoms with Crippen molar-refractivity contribution < 1.29 is 31.3 Å². The van der Waals surface area contributed by atoms with E-state index in [0.717, 1.165) is 17.4 Å². The van der Waals surface area contributed by atoms with Crippen LogP contribution in [0.2, 0.25) is 0 Å². The zero-order valence-corrected chi connectivity index (χ0v) is 10.4. The van der Waals surface area contributed by atoms with Gasteiger partial charge in [-0.05, 0) is 6.92 Å². The average Bonchev–Trinajstić information content (AvgIpc) is 2.07. The third-order valence-corrected chi connectivity index (χ3v) is 2.20. The summed E-state index contributed by atoms with van der Waals surface area (Å²) in [4.78, 5) is 0. The first-order valence-electron chi connectivity index (χ1n) is 4.52. The SMILES string of the molecule is C[C@@H]1O[C@@H](C[N+](C)(C)C)C[C@@H]1O.[Br-]. The maximum atomic E-state index is 9.43. The van der Waals surface area contributed by atoms with Crippen LogP contribution in [0.15, 0.2) is 0 Å². The number of aliphatic hydroxyl groups is 1. The van der Waals surface area contributed by atoms with Gasteiger partial charge in [-0.3, -0.25) is 0 Å². The molecule has 1 heterocycles. The Hall–Kier alpha value is 0.360. The molecule has 3 atom stereocenters. The molecular formula is C9H20BrNO2. The molecule has 0 unspecified atom stereocenters. The van der Waals surface area contributed by atoms with Crippen molar-refractivity contribution in [2.75, 3.05) is 27.7 Å². The van der Waals surface area contributed by atoms with E-state index in [1.54, 1.807) is 0 Å². The Morgan fingerprint density at radius 2 is 1.92 bits per heavy atom. The van der Waals surface area contributed by atoms with Crippen LogP contribution < -0.4 is 17.0 Å². The normalized spacial score (nSPS) is 34.4. The number of hydrogen-bond donors (Lipinski definition) is 1. The van der Waals surface area contributed by atoms with Crippen molar-refractivity contribution in [2.45, 2.75) is 31.7 Å². The first kappa shape index (κ1) is 13.4. The standard InChI is InChI=1S/C9H20NO2.BrH/c1-7-9(11)5-8(12-7)6-10(2,3)4;/h7-9,11H,5-6H2,1-4H3;1H/q+1;/p-1/t7-,8+,9-;/m0./s1. The van der Waals surface area contributed by atoms with Gasteiger partial charge in [-0.2, -0.15) is 0 Å². The third-order valence-electron chi connectivity index (χ3n) is 2.20. The molecule has 1 fully saturated rings. The van der Waals surface area contributed by atoms with Crippen LogP contribution in [0.5, 0.6) is 0 Å². The molecule has 3 nitrogen and oxygen atoms in total. The minimum absolute atomic E-state index is 0. The van der Waals surface area contributed by atoms with Crippen LogP contribution in [0.1, 0.15) is 13.3 Å². The lowest BCUT2D eigenvalue weighted by Crippen LogP contribution is -3.00. The number of rotatable bonds is 2. The van der Waals surface area contributed by atoms with Crippen LogP contribution in [0.3, 0.4) is 0 Å². The van der Waals surface area contributed by atoms with E-state index < -0.39 is 0 Å². The molecule has 1 saturated heterocycles. The molecule has 0 saturated carbocycles. The highest BCUT2D eigenvalue weighted by Crippen LogP contribution is 2.21. The Balaban J connectivity index is 0.00000144. The van der Waals surface area contributed by atoms with Crippen LogP contribution >= 0.6 is 0 Å². The summed E-state index contributed by atoms with van der Waals surface area (Å²) in [5.74, 6) is 0. The van der Waals surface area contributed by atoms with Crippen molar-refractivity contribution in [3.05, 3.63) is 0 Å². The quantitative estimate of drug-likeness (QED) is 0.541. The second-order valence-corrected chi connectivity index (χ2v) is 4.74. The van der Waals surface area contributed by atoms with E-state index in [2.05, 4.69) is 21.1 Å². The molecule has 1 rings (SSSR count). The van der Waals surface area contributed by atoms with Crippen LogP contribution in [-0.4, -0.2) is 55.6 Å². The monoisotopic (exact) mass is 253 g/mol. The molecule has 13 heavy (non-hydrogen) atoms. The zero-order chi connectivity index (χ0) is 9.35. The second kappa shape index (κ2) is 4.73. The first-order valence-corrected chi connectivity index (χ1v) is 4.52. The van der Waals surface area contributed by atoms with Gasteiger partial charge in [-0.25, -0.2) is 0 Å². The van der Waals surface area contributed by atoms with Gasteiger partial charge >= 0.3 is 0 Å². The molecule has 0 spiro atoms. The van der Waals surface area contributed by atoms with Crippen molar-refractivity contribution >= 4 is 0 Å². The van der Waals surface area contributed by atoms with Crippen LogP contribution in [-0.2, 0) is 4.74 Å². The number of hydrogen-bond acceptors (Lipinski definition) is 2. The van der Waals surface area contributed by atoms with E-state index in [9.17, 15) is 5.11 Å². The number of ether oxygens (including phenoxy) is 1. The fourth-order valence-corrected chi connectivity index (χ4v) is 1.64. The number of likely N-dealkylation sites (N-methyl/N-ethyl adjacent to an activating group) is 1. The van der Waals surface area contributed by atoms with Crippen molar-refractivity contribution in [3.8, 4) is 0 Å². The Morgan fingerprint density at radius 1 is 1.38 bits per heavy atom. The Labute approximate surface area is 91.0 Å². The van der Waals surface area contributed by atoms with E-state index in [-0.39, 0.29) is 35.3 Å². The average molecular weight is 254 g/mol. The Kier molecular flexibility index (Phi) is 4.86. The van der Waals surface area contributed by atoms with Gasteiger partial charge in [0.1, 0.15) is 12.6 Å². The van der Waals surface area contributed by atoms with E-state index in [0.29, 0.717) is 0 Å². The summed E-state index contributed by atoms with van der Waals surface area (Å²) in [6.07, 6.45) is 0.773. The fraction of sp³-hybridized carbons (Fsp3) is 1.00. The summed E-state index contributed by atoms with van der Waals surface area (Å²) >= 11 is 0. The molecule has 1 N–H and O–H groups in total. The van der Waals surface area contributed by atoms with Gasteiger partial charge in [0.15, 0.2) is 0 Å². The fourth-order valence-electron chi connectivity index (χ4n) is 1.64. The largest absolute Gasteiger partial charge is 1.00 e. The highest BCUT2D eigenvalue weighted by atomic mass is 79.9. The highest BCUT2D eigenvalue weighted by molar-refractivity contribution is 4.78. The van der Waals surface area contributed by atoms with Gasteiger partial charge in [0.05, 0.1) is 33.4 Å². The summed E-state index contributed by atoms with van der Waals surface area (Å²) in [6, 6.07) is 0. The number of quaternary nitrogens is 1. The minimum Gasteiger partial charge on any atom is -1.00 e. The lowest BCUT2D eigenvalue weighted by molar-refractivity contribution is -0.873. The van der Waals surface area contributed by atoms with Crippen LogP contribution in [0.4, 0.5) is 0 Å². The van der Waals surface area contributed by atoms with Gasteiger partial charge in [-0.1, -0.05) is 0 Å². The van der Waals surface area contributed by atoms with Crippen LogP contribution in [0.25, 0.3) is 0 Å². The minimum atomic E-state index is -0.262. The van der Waals surface area contributed by atoms with Crippen molar-refractivity contribution in [3.63, 3.8) is 0 Å². The molecule has 80 valence electrons. The summed E-state index contributed by atoms with van der Waals surface area (Å²) in [5, 5.41) is 9.43. The van der Waals surface area contributed by atoms with E-state index >= 15 is 0 Å². The summed E-state index contributed by atoms with van der Waals surface area (Å²) in [6.45, 7) is 2.90. The number of aliphatic hydroxyl groups excluding tert-OH is 1. The molecule has 0 aliphatic carbocycles. The molecule has 0 bridgehead atoms. The lowest BCUT2D eigenvalue weighted by atomic mass is 10.1. The Bertz CT molecular complexity index is 148. The molecule has 1 aliphatic heterocycles. The van der Waals surface area contributed by atoms with Gasteiger partial charge in [0, 0.05) is 6.42 Å². The van der Waals surface area contributed by atoms with Gasteiger partial charge < -0.3 is 31.3 Å². The van der Waals surface area contributed by atoms with E-state index in [4.69, 9.17) is 4.74 Å². The molecular weight excluding hydrogens is 234 g/mol. The molecule has 0 aromatic rings. The topological polar surface area (TPSA) is 29.5 Å². The lowest BCUT2D eigenvalue weighted by Gasteiger charge is -2.26. The zero-order valence-electron chi connectivity index (χ0n) is 8.83. The van der Waals surface area contributed by atoms with E-state index in [1.165, 1.54) is 0 Å². The van der Waals surface area contributed by atoms with E-state index in [1.807, 2.05) is 6.92 Å². The molecule has 0 aromatic carbocycles. The number of nitrogens with zero attached hydrogens (tertiary/aromatic N) is 1. The predicted octanol–water partition coefficient (Wildman–Crippen LogP) is -2.77. The highest BCUT2D eigenvalue weighted by Gasteiger charge is 2.33. The molecule has 4 heteroatoms. The summed E-state index contributed by atoms with van der Waals surface area (Å²) < 4.78 is 6.48. The third kappa shape index (κ3) is 4.40. The smallest absolute Gasteiger partial charge is 0.109 e. The van der Waals surface area contributed by atoms with Crippen molar-refractivity contribution in [1.29, 1.82) is 0 Å². The first-order chi connectivity index (χ1) is 5.38. The van der Waals surface area contributed by atoms with Gasteiger partial charge in [-0.15, -0.1) is 0 Å². The molecule has 0 aromatic heterocycles. The van der Waals surface area contributed by atoms with Crippen molar-refractivity contribution in [1.82, 2.24) is 0 Å². The number of halogens is 1. The maximum Gasteiger partial charge on any atom is 0.109 e. The van der Waals surface area contributed by atoms with Gasteiger partial charge in [0.25, 0.3) is 0 Å². The second-order valence-electron chi connectivity index (χ2n) is 4.74. The van der Waals surface area contributed by atoms with Crippen molar-refractivity contribution in [2.24, 2.45) is 0 Å². The molecule has 0 radical (unpaired) electrons. The van der Waals surface area contributed by atoms with Crippen LogP contribution in [0, 0.1) is 0 Å². The Morgan fingerprint density at radius 3 is 2.23 bits per heavy atom. The summed E-state index contributed by atoms with van der Waals surface area (Å²) in [5.41, 5.74) is 0.